The molecule has 1 saturated heterocycles. The standard InChI is InChI=1S/C28H32O4Si4/c1-21-5-13-25(14-6-21)33-29-34(26-15-7-22(2)8-16-26)31-36(28-19-11-24(4)12-20-28)32-35(30-33)27-17-9-23(3)10-18-27/h5-20,33-36H,1-4H3. The fourth-order valence-corrected chi connectivity index (χ4v) is 18.1. The fraction of sp³-hybridized carbons (Fsp3) is 0.143. The van der Waals surface area contributed by atoms with Gasteiger partial charge < -0.3 is 16.5 Å². The average Bonchev–Trinajstić information content (AvgIpc) is 2.87. The first kappa shape index (κ1) is 25.2. The maximum atomic E-state index is 6.92. The number of hydrogen-bond donors (Lipinski definition) is 0. The second-order valence-electron chi connectivity index (χ2n) is 9.51. The van der Waals surface area contributed by atoms with Gasteiger partial charge in [0.05, 0.1) is 0 Å². The van der Waals surface area contributed by atoms with Gasteiger partial charge >= 0.3 is 37.1 Å². The lowest BCUT2D eigenvalue weighted by Gasteiger charge is -2.35. The van der Waals surface area contributed by atoms with Crippen molar-refractivity contribution in [3.8, 4) is 0 Å². The summed E-state index contributed by atoms with van der Waals surface area (Å²) in [7, 11) is -9.17. The van der Waals surface area contributed by atoms with Crippen LogP contribution < -0.4 is 20.7 Å². The van der Waals surface area contributed by atoms with E-state index in [0.29, 0.717) is 0 Å². The zero-order chi connectivity index (χ0) is 25.1. The van der Waals surface area contributed by atoms with E-state index < -0.39 is 37.1 Å². The molecule has 0 N–H and O–H groups in total. The molecule has 0 aliphatic carbocycles. The number of benzene rings is 4. The molecule has 0 spiro atoms. The molecule has 4 aromatic rings. The topological polar surface area (TPSA) is 36.9 Å². The second-order valence-corrected chi connectivity index (χ2v) is 19.2. The third kappa shape index (κ3) is 6.10. The molecular formula is C28H32O4Si4. The Morgan fingerprint density at radius 2 is 0.472 bits per heavy atom. The largest absolute Gasteiger partial charge is 0.413 e. The van der Waals surface area contributed by atoms with Crippen LogP contribution in [0.25, 0.3) is 0 Å². The minimum Gasteiger partial charge on any atom is -0.413 e. The lowest BCUT2D eigenvalue weighted by atomic mass is 10.2. The van der Waals surface area contributed by atoms with Crippen molar-refractivity contribution >= 4 is 57.9 Å². The molecule has 1 heterocycles. The first-order valence-electron chi connectivity index (χ1n) is 12.3. The van der Waals surface area contributed by atoms with Crippen LogP contribution in [0.5, 0.6) is 0 Å². The summed E-state index contributed by atoms with van der Waals surface area (Å²) >= 11 is 0. The predicted octanol–water partition coefficient (Wildman–Crippen LogP) is 1.81. The van der Waals surface area contributed by atoms with E-state index in [1.807, 2.05) is 0 Å². The summed E-state index contributed by atoms with van der Waals surface area (Å²) in [5, 5.41) is 4.49. The average molecular weight is 545 g/mol. The van der Waals surface area contributed by atoms with Crippen LogP contribution in [0.15, 0.2) is 97.1 Å². The van der Waals surface area contributed by atoms with Crippen molar-refractivity contribution < 1.29 is 16.5 Å². The van der Waals surface area contributed by atoms with Crippen molar-refractivity contribution in [1.82, 2.24) is 0 Å². The van der Waals surface area contributed by atoms with Crippen molar-refractivity contribution in [2.24, 2.45) is 0 Å². The van der Waals surface area contributed by atoms with Gasteiger partial charge in [0.2, 0.25) is 0 Å². The van der Waals surface area contributed by atoms with Crippen LogP contribution in [-0.4, -0.2) is 37.1 Å². The van der Waals surface area contributed by atoms with Crippen molar-refractivity contribution in [2.75, 3.05) is 0 Å². The van der Waals surface area contributed by atoms with E-state index >= 15 is 0 Å². The Kier molecular flexibility index (Phi) is 7.94. The highest BCUT2D eigenvalue weighted by Crippen LogP contribution is 2.12. The third-order valence-corrected chi connectivity index (χ3v) is 18.0. The van der Waals surface area contributed by atoms with Gasteiger partial charge in [-0.2, -0.15) is 0 Å². The van der Waals surface area contributed by atoms with Crippen molar-refractivity contribution in [1.29, 1.82) is 0 Å². The molecule has 0 atom stereocenters. The van der Waals surface area contributed by atoms with Gasteiger partial charge in [-0.25, -0.2) is 0 Å². The zero-order valence-electron chi connectivity index (χ0n) is 21.2. The van der Waals surface area contributed by atoms with E-state index in [1.54, 1.807) is 0 Å². The minimum absolute atomic E-state index is 1.12. The fourth-order valence-electron chi connectivity index (χ4n) is 4.10. The summed E-state index contributed by atoms with van der Waals surface area (Å²) in [6, 6.07) is 34.2. The maximum absolute atomic E-state index is 6.92. The Morgan fingerprint density at radius 3 is 0.639 bits per heavy atom. The highest BCUT2D eigenvalue weighted by molar-refractivity contribution is 6.87. The molecule has 0 aromatic heterocycles. The summed E-state index contributed by atoms with van der Waals surface area (Å²) in [4.78, 5) is 0. The van der Waals surface area contributed by atoms with Crippen molar-refractivity contribution in [3.05, 3.63) is 119 Å². The molecule has 0 bridgehead atoms. The van der Waals surface area contributed by atoms with Gasteiger partial charge in [0.15, 0.2) is 0 Å². The molecule has 4 aromatic carbocycles. The SMILES string of the molecule is Cc1ccc([SiH]2O[SiH](c3ccc(C)cc3)O[SiH](c3ccc(C)cc3)O[SiH](c3ccc(C)cc3)O2)cc1. The Bertz CT molecular complexity index is 1070. The van der Waals surface area contributed by atoms with E-state index in [2.05, 4.69) is 125 Å². The lowest BCUT2D eigenvalue weighted by Crippen LogP contribution is -2.61. The maximum Gasteiger partial charge on any atom is 0.338 e. The molecule has 1 fully saturated rings. The first-order valence-corrected chi connectivity index (χ1v) is 18.4. The van der Waals surface area contributed by atoms with Gasteiger partial charge in [0, 0.05) is 0 Å². The number of aryl methyl sites for hydroxylation is 4. The molecule has 0 radical (unpaired) electrons. The van der Waals surface area contributed by atoms with E-state index in [9.17, 15) is 0 Å². The highest BCUT2D eigenvalue weighted by atomic mass is 28.5. The van der Waals surface area contributed by atoms with Crippen LogP contribution in [0.4, 0.5) is 0 Å². The first-order chi connectivity index (χ1) is 17.4. The summed E-state index contributed by atoms with van der Waals surface area (Å²) in [6.07, 6.45) is 0. The number of hydrogen-bond acceptors (Lipinski definition) is 4. The Morgan fingerprint density at radius 1 is 0.306 bits per heavy atom. The quantitative estimate of drug-likeness (QED) is 0.367. The molecule has 184 valence electrons. The van der Waals surface area contributed by atoms with Crippen LogP contribution in [0.1, 0.15) is 22.3 Å². The number of rotatable bonds is 4. The molecule has 1 aliphatic rings. The lowest BCUT2D eigenvalue weighted by molar-refractivity contribution is 0.309. The molecule has 8 heteroatoms. The summed E-state index contributed by atoms with van der Waals surface area (Å²) < 4.78 is 27.7. The Hall–Kier alpha value is -2.41. The summed E-state index contributed by atoms with van der Waals surface area (Å²) in [6.45, 7) is 8.40. The zero-order valence-corrected chi connectivity index (χ0v) is 25.8. The Balaban J connectivity index is 1.56. The minimum atomic E-state index is -2.29. The highest BCUT2D eigenvalue weighted by Gasteiger charge is 2.38. The second kappa shape index (κ2) is 11.3. The van der Waals surface area contributed by atoms with Crippen molar-refractivity contribution in [2.45, 2.75) is 27.7 Å². The van der Waals surface area contributed by atoms with Crippen LogP contribution in [0.2, 0.25) is 0 Å². The van der Waals surface area contributed by atoms with E-state index in [-0.39, 0.29) is 0 Å². The molecule has 0 amide bonds. The van der Waals surface area contributed by atoms with Gasteiger partial charge in [-0.05, 0) is 48.4 Å². The van der Waals surface area contributed by atoms with Crippen molar-refractivity contribution in [3.63, 3.8) is 0 Å². The van der Waals surface area contributed by atoms with Crippen LogP contribution >= 0.6 is 0 Å². The van der Waals surface area contributed by atoms with E-state index in [4.69, 9.17) is 16.5 Å². The van der Waals surface area contributed by atoms with Gasteiger partial charge in [-0.1, -0.05) is 119 Å². The monoisotopic (exact) mass is 544 g/mol. The van der Waals surface area contributed by atoms with Crippen LogP contribution in [0.3, 0.4) is 0 Å². The summed E-state index contributed by atoms with van der Waals surface area (Å²) in [5.41, 5.74) is 4.88. The molecule has 36 heavy (non-hydrogen) atoms. The third-order valence-electron chi connectivity index (χ3n) is 6.39. The van der Waals surface area contributed by atoms with E-state index in [0.717, 1.165) is 20.7 Å². The van der Waals surface area contributed by atoms with Crippen LogP contribution in [-0.2, 0) is 16.5 Å². The normalized spacial score (nSPS) is 22.6. The van der Waals surface area contributed by atoms with Gasteiger partial charge in [-0.15, -0.1) is 0 Å². The molecule has 0 saturated carbocycles. The smallest absolute Gasteiger partial charge is 0.338 e. The van der Waals surface area contributed by atoms with Gasteiger partial charge in [0.25, 0.3) is 0 Å². The molecule has 5 rings (SSSR count). The summed E-state index contributed by atoms with van der Waals surface area (Å²) in [5.74, 6) is 0. The Labute approximate surface area is 220 Å². The predicted molar refractivity (Wildman–Crippen MR) is 156 cm³/mol. The van der Waals surface area contributed by atoms with Gasteiger partial charge in [-0.3, -0.25) is 0 Å². The molecule has 0 unspecified atom stereocenters. The van der Waals surface area contributed by atoms with Gasteiger partial charge in [0.1, 0.15) is 0 Å². The molecule has 1 aliphatic heterocycles. The molecular weight excluding hydrogens is 513 g/mol. The van der Waals surface area contributed by atoms with E-state index in [1.165, 1.54) is 22.3 Å². The molecule has 4 nitrogen and oxygen atoms in total. The van der Waals surface area contributed by atoms with Crippen LogP contribution in [0, 0.1) is 27.7 Å².